The van der Waals surface area contributed by atoms with Crippen molar-refractivity contribution in [2.45, 2.75) is 25.3 Å². The first-order chi connectivity index (χ1) is 8.24. The Morgan fingerprint density at radius 1 is 1.41 bits per heavy atom. The minimum Gasteiger partial charge on any atom is -0.323 e. The van der Waals surface area contributed by atoms with E-state index in [1.54, 1.807) is 11.0 Å². The first kappa shape index (κ1) is 12.1. The summed E-state index contributed by atoms with van der Waals surface area (Å²) >= 11 is 3.37. The van der Waals surface area contributed by atoms with Gasteiger partial charge in [-0.2, -0.15) is 5.26 Å². The number of likely N-dealkylation sites (tertiary alicyclic amines) is 1. The zero-order valence-electron chi connectivity index (χ0n) is 9.40. The highest BCUT2D eigenvalue weighted by Crippen LogP contribution is 2.23. The van der Waals surface area contributed by atoms with Crippen molar-refractivity contribution in [2.75, 3.05) is 6.54 Å². The molecule has 17 heavy (non-hydrogen) atoms. The van der Waals surface area contributed by atoms with E-state index in [4.69, 9.17) is 5.26 Å². The van der Waals surface area contributed by atoms with Gasteiger partial charge in [0, 0.05) is 11.0 Å². The minimum atomic E-state index is -0.275. The average molecular weight is 293 g/mol. The predicted octanol–water partition coefficient (Wildman–Crippen LogP) is 2.97. The van der Waals surface area contributed by atoms with Crippen LogP contribution in [0.5, 0.6) is 0 Å². The van der Waals surface area contributed by atoms with Crippen LogP contribution in [0.4, 0.5) is 0 Å². The molecule has 1 heterocycles. The number of nitriles is 1. The van der Waals surface area contributed by atoms with Crippen LogP contribution < -0.4 is 0 Å². The summed E-state index contributed by atoms with van der Waals surface area (Å²) in [7, 11) is 0. The van der Waals surface area contributed by atoms with E-state index in [9.17, 15) is 4.79 Å². The molecular weight excluding hydrogens is 280 g/mol. The molecule has 0 radical (unpaired) electrons. The molecule has 88 valence electrons. The largest absolute Gasteiger partial charge is 0.323 e. The Kier molecular flexibility index (Phi) is 3.80. The minimum absolute atomic E-state index is 0.0521. The van der Waals surface area contributed by atoms with Crippen molar-refractivity contribution in [3.05, 3.63) is 34.3 Å². The highest BCUT2D eigenvalue weighted by Gasteiger charge is 2.27. The number of benzene rings is 1. The van der Waals surface area contributed by atoms with Gasteiger partial charge in [-0.3, -0.25) is 4.79 Å². The lowest BCUT2D eigenvalue weighted by molar-refractivity contribution is 0.0669. The maximum atomic E-state index is 12.3. The molecule has 3 nitrogen and oxygen atoms in total. The van der Waals surface area contributed by atoms with Crippen LogP contribution in [0, 0.1) is 11.3 Å². The fourth-order valence-corrected chi connectivity index (χ4v) is 2.55. The summed E-state index contributed by atoms with van der Waals surface area (Å²) in [6.07, 6.45) is 2.79. The van der Waals surface area contributed by atoms with Crippen molar-refractivity contribution < 1.29 is 4.79 Å². The molecule has 1 aliphatic rings. The summed E-state index contributed by atoms with van der Waals surface area (Å²) in [6.45, 7) is 0.679. The van der Waals surface area contributed by atoms with Crippen molar-refractivity contribution in [3.63, 3.8) is 0 Å². The van der Waals surface area contributed by atoms with Gasteiger partial charge in [-0.05, 0) is 47.3 Å². The van der Waals surface area contributed by atoms with Gasteiger partial charge in [-0.15, -0.1) is 0 Å². The maximum absolute atomic E-state index is 12.3. The van der Waals surface area contributed by atoms with Crippen LogP contribution in [0.25, 0.3) is 0 Å². The highest BCUT2D eigenvalue weighted by molar-refractivity contribution is 9.10. The van der Waals surface area contributed by atoms with E-state index in [1.165, 1.54) is 0 Å². The maximum Gasteiger partial charge on any atom is 0.256 e. The lowest BCUT2D eigenvalue weighted by Gasteiger charge is -2.31. The van der Waals surface area contributed by atoms with Crippen LogP contribution in [0.3, 0.4) is 0 Å². The lowest BCUT2D eigenvalue weighted by atomic mass is 10.0. The fraction of sp³-hybridized carbons (Fsp3) is 0.385. The summed E-state index contributed by atoms with van der Waals surface area (Å²) < 4.78 is 0.785. The third-order valence-electron chi connectivity index (χ3n) is 3.02. The normalized spacial score (nSPS) is 19.8. The van der Waals surface area contributed by atoms with E-state index in [0.717, 1.165) is 23.7 Å². The van der Waals surface area contributed by atoms with Crippen molar-refractivity contribution >= 4 is 21.8 Å². The quantitative estimate of drug-likeness (QED) is 0.799. The Hall–Kier alpha value is -1.34. The SMILES string of the molecule is N#CC1CCCCN1C(=O)c1ccccc1Br. The van der Waals surface area contributed by atoms with E-state index in [2.05, 4.69) is 22.0 Å². The number of amides is 1. The number of halogens is 1. The molecule has 0 bridgehead atoms. The van der Waals surface area contributed by atoms with E-state index >= 15 is 0 Å². The van der Waals surface area contributed by atoms with E-state index < -0.39 is 0 Å². The van der Waals surface area contributed by atoms with Crippen LogP contribution in [0.15, 0.2) is 28.7 Å². The number of rotatable bonds is 1. The first-order valence-electron chi connectivity index (χ1n) is 5.69. The van der Waals surface area contributed by atoms with Gasteiger partial charge in [0.25, 0.3) is 5.91 Å². The molecule has 4 heteroatoms. The standard InChI is InChI=1S/C13H13BrN2O/c14-12-7-2-1-6-11(12)13(17)16-8-4-3-5-10(16)9-15/h1-2,6-7,10H,3-5,8H2. The summed E-state index contributed by atoms with van der Waals surface area (Å²) in [5.41, 5.74) is 0.634. The van der Waals surface area contributed by atoms with Crippen molar-refractivity contribution in [3.8, 4) is 6.07 Å². The van der Waals surface area contributed by atoms with Crippen LogP contribution in [-0.2, 0) is 0 Å². The summed E-state index contributed by atoms with van der Waals surface area (Å²) in [6, 6.07) is 9.28. The Labute approximate surface area is 109 Å². The van der Waals surface area contributed by atoms with Gasteiger partial charge in [0.05, 0.1) is 11.6 Å². The Balaban J connectivity index is 2.25. The number of nitrogens with zero attached hydrogens (tertiary/aromatic N) is 2. The molecule has 0 aliphatic carbocycles. The predicted molar refractivity (Wildman–Crippen MR) is 68.4 cm³/mol. The molecule has 0 N–H and O–H groups in total. The second-order valence-electron chi connectivity index (χ2n) is 4.12. The fourth-order valence-electron chi connectivity index (χ4n) is 2.10. The van der Waals surface area contributed by atoms with Gasteiger partial charge in [-0.25, -0.2) is 0 Å². The van der Waals surface area contributed by atoms with Crippen LogP contribution in [-0.4, -0.2) is 23.4 Å². The molecule has 1 saturated heterocycles. The number of hydrogen-bond donors (Lipinski definition) is 0. The van der Waals surface area contributed by atoms with Crippen molar-refractivity contribution in [1.82, 2.24) is 4.90 Å². The molecule has 0 spiro atoms. The van der Waals surface area contributed by atoms with Crippen LogP contribution in [0.2, 0.25) is 0 Å². The lowest BCUT2D eigenvalue weighted by Crippen LogP contribution is -2.43. The summed E-state index contributed by atoms with van der Waals surface area (Å²) in [5.74, 6) is -0.0521. The second-order valence-corrected chi connectivity index (χ2v) is 4.97. The van der Waals surface area contributed by atoms with Gasteiger partial charge in [0.1, 0.15) is 6.04 Å². The highest BCUT2D eigenvalue weighted by atomic mass is 79.9. The van der Waals surface area contributed by atoms with Crippen LogP contribution >= 0.6 is 15.9 Å². The monoisotopic (exact) mass is 292 g/mol. The Bertz CT molecular complexity index is 467. The van der Waals surface area contributed by atoms with Crippen LogP contribution in [0.1, 0.15) is 29.6 Å². The van der Waals surface area contributed by atoms with E-state index in [-0.39, 0.29) is 11.9 Å². The molecule has 1 unspecified atom stereocenters. The molecule has 0 saturated carbocycles. The van der Waals surface area contributed by atoms with Crippen molar-refractivity contribution in [2.24, 2.45) is 0 Å². The zero-order chi connectivity index (χ0) is 12.3. The Morgan fingerprint density at radius 3 is 2.88 bits per heavy atom. The van der Waals surface area contributed by atoms with Gasteiger partial charge >= 0.3 is 0 Å². The number of piperidine rings is 1. The zero-order valence-corrected chi connectivity index (χ0v) is 11.0. The first-order valence-corrected chi connectivity index (χ1v) is 6.48. The molecule has 1 aliphatic heterocycles. The number of carbonyl (C=O) groups is 1. The summed E-state index contributed by atoms with van der Waals surface area (Å²) in [5, 5.41) is 9.07. The molecule has 1 aromatic rings. The number of hydrogen-bond acceptors (Lipinski definition) is 2. The molecule has 0 aromatic heterocycles. The van der Waals surface area contributed by atoms with Gasteiger partial charge < -0.3 is 4.90 Å². The van der Waals surface area contributed by atoms with Crippen molar-refractivity contribution in [1.29, 1.82) is 5.26 Å². The molecule has 1 atom stereocenters. The third-order valence-corrected chi connectivity index (χ3v) is 3.71. The smallest absolute Gasteiger partial charge is 0.256 e. The summed E-state index contributed by atoms with van der Waals surface area (Å²) in [4.78, 5) is 14.0. The average Bonchev–Trinajstić information content (AvgIpc) is 2.38. The van der Waals surface area contributed by atoms with Gasteiger partial charge in [0.15, 0.2) is 0 Å². The van der Waals surface area contributed by atoms with Gasteiger partial charge in [-0.1, -0.05) is 12.1 Å². The third kappa shape index (κ3) is 2.50. The Morgan fingerprint density at radius 2 is 2.18 bits per heavy atom. The molecule has 2 rings (SSSR count). The topological polar surface area (TPSA) is 44.1 Å². The molecule has 1 aromatic carbocycles. The van der Waals surface area contributed by atoms with E-state index in [0.29, 0.717) is 12.1 Å². The molecular formula is C13H13BrN2O. The second kappa shape index (κ2) is 5.33. The molecule has 1 amide bonds. The number of carbonyl (C=O) groups excluding carboxylic acids is 1. The molecule has 1 fully saturated rings. The van der Waals surface area contributed by atoms with E-state index in [1.807, 2.05) is 18.2 Å². The van der Waals surface area contributed by atoms with Gasteiger partial charge in [0.2, 0.25) is 0 Å².